The molecule has 0 unspecified atom stereocenters. The molecular weight excluding hydrogens is 436 g/mol. The molecule has 168 valence electrons. The first kappa shape index (κ1) is 24.6. The normalized spacial score (nSPS) is 10.8. The fourth-order valence-electron chi connectivity index (χ4n) is 3.52. The van der Waals surface area contributed by atoms with Crippen molar-refractivity contribution in [2.75, 3.05) is 25.6 Å². The molecule has 0 aliphatic carbocycles. The number of ether oxygens (including phenoxy) is 1. The summed E-state index contributed by atoms with van der Waals surface area (Å²) in [5, 5.41) is 27.9. The first-order valence-corrected chi connectivity index (χ1v) is 10.3. The number of aromatic nitrogens is 3. The highest BCUT2D eigenvalue weighted by Crippen LogP contribution is 2.38. The standard InChI is InChI=1S/C22H28N4O3S.ClH/c1-6-9-25(4)17-10-14(7-8-20(17)29-5)26-21(23-24-22(26)30)16-11-15(13(2)3)18(27)12-19(16)28;/h7-8,10-13,27-28H,6,9H2,1-5H3,(H,24,30);1H. The Balaban J connectivity index is 0.00000341. The average Bonchev–Trinajstić information content (AvgIpc) is 3.08. The lowest BCUT2D eigenvalue weighted by molar-refractivity contribution is 0.414. The molecule has 3 N–H and O–H groups in total. The van der Waals surface area contributed by atoms with E-state index in [1.54, 1.807) is 17.7 Å². The summed E-state index contributed by atoms with van der Waals surface area (Å²) in [6, 6.07) is 8.89. The van der Waals surface area contributed by atoms with Crippen LogP contribution in [0.15, 0.2) is 30.3 Å². The number of anilines is 1. The summed E-state index contributed by atoms with van der Waals surface area (Å²) < 4.78 is 7.71. The SMILES string of the molecule is CCCN(C)c1cc(-n2c(-c3cc(C(C)C)c(O)cc3O)n[nH]c2=S)ccc1OC.Cl. The lowest BCUT2D eigenvalue weighted by atomic mass is 9.98. The van der Waals surface area contributed by atoms with E-state index in [0.717, 1.165) is 35.7 Å². The Morgan fingerprint density at radius 2 is 1.90 bits per heavy atom. The van der Waals surface area contributed by atoms with Crippen LogP contribution in [0.5, 0.6) is 17.2 Å². The van der Waals surface area contributed by atoms with Gasteiger partial charge in [-0.3, -0.25) is 9.67 Å². The molecule has 1 aromatic heterocycles. The van der Waals surface area contributed by atoms with Crippen molar-refractivity contribution in [2.24, 2.45) is 0 Å². The van der Waals surface area contributed by atoms with E-state index < -0.39 is 0 Å². The van der Waals surface area contributed by atoms with Gasteiger partial charge in [0.15, 0.2) is 10.6 Å². The van der Waals surface area contributed by atoms with Gasteiger partial charge in [-0.25, -0.2) is 0 Å². The second-order valence-corrected chi connectivity index (χ2v) is 7.94. The van der Waals surface area contributed by atoms with Crippen molar-refractivity contribution in [3.05, 3.63) is 40.7 Å². The van der Waals surface area contributed by atoms with E-state index in [1.165, 1.54) is 6.07 Å². The molecular formula is C22H29ClN4O3S. The van der Waals surface area contributed by atoms with Crippen LogP contribution in [0, 0.1) is 4.77 Å². The van der Waals surface area contributed by atoms with E-state index in [4.69, 9.17) is 17.0 Å². The molecule has 0 aliphatic rings. The lowest BCUT2D eigenvalue weighted by Gasteiger charge is -2.22. The first-order chi connectivity index (χ1) is 14.3. The van der Waals surface area contributed by atoms with Crippen molar-refractivity contribution >= 4 is 30.3 Å². The van der Waals surface area contributed by atoms with Crippen molar-refractivity contribution in [1.29, 1.82) is 0 Å². The zero-order valence-corrected chi connectivity index (χ0v) is 20.0. The molecule has 7 nitrogen and oxygen atoms in total. The van der Waals surface area contributed by atoms with Gasteiger partial charge in [-0.1, -0.05) is 20.8 Å². The van der Waals surface area contributed by atoms with Crippen molar-refractivity contribution in [3.8, 4) is 34.3 Å². The summed E-state index contributed by atoms with van der Waals surface area (Å²) >= 11 is 5.50. The van der Waals surface area contributed by atoms with Crippen LogP contribution in [0.4, 0.5) is 5.69 Å². The second-order valence-electron chi connectivity index (χ2n) is 7.55. The molecule has 31 heavy (non-hydrogen) atoms. The highest BCUT2D eigenvalue weighted by atomic mass is 35.5. The van der Waals surface area contributed by atoms with Crippen LogP contribution in [0.25, 0.3) is 17.1 Å². The van der Waals surface area contributed by atoms with Crippen LogP contribution < -0.4 is 9.64 Å². The third-order valence-electron chi connectivity index (χ3n) is 5.07. The highest BCUT2D eigenvalue weighted by Gasteiger charge is 2.20. The molecule has 0 radical (unpaired) electrons. The number of nitrogens with zero attached hydrogens (tertiary/aromatic N) is 3. The molecule has 0 saturated carbocycles. The summed E-state index contributed by atoms with van der Waals surface area (Å²) in [4.78, 5) is 2.13. The number of hydrogen-bond donors (Lipinski definition) is 3. The van der Waals surface area contributed by atoms with E-state index in [2.05, 4.69) is 22.0 Å². The van der Waals surface area contributed by atoms with E-state index in [-0.39, 0.29) is 29.8 Å². The van der Waals surface area contributed by atoms with Gasteiger partial charge in [0.05, 0.1) is 24.0 Å². The van der Waals surface area contributed by atoms with Crippen LogP contribution >= 0.6 is 24.6 Å². The Hall–Kier alpha value is -2.71. The minimum absolute atomic E-state index is 0. The van der Waals surface area contributed by atoms with E-state index in [9.17, 15) is 10.2 Å². The zero-order chi connectivity index (χ0) is 22.0. The lowest BCUT2D eigenvalue weighted by Crippen LogP contribution is -2.18. The topological polar surface area (TPSA) is 86.5 Å². The summed E-state index contributed by atoms with van der Waals surface area (Å²) in [6.07, 6.45) is 1.000. The monoisotopic (exact) mass is 464 g/mol. The Bertz CT molecular complexity index is 1110. The number of H-pyrrole nitrogens is 1. The quantitative estimate of drug-likeness (QED) is 0.405. The molecule has 0 spiro atoms. The van der Waals surface area contributed by atoms with Crippen LogP contribution in [-0.2, 0) is 0 Å². The van der Waals surface area contributed by atoms with Crippen molar-refractivity contribution in [3.63, 3.8) is 0 Å². The predicted octanol–water partition coefficient (Wildman–Crippen LogP) is 5.41. The summed E-state index contributed by atoms with van der Waals surface area (Å²) in [5.41, 5.74) is 2.94. The molecule has 3 aromatic rings. The van der Waals surface area contributed by atoms with Gasteiger partial charge < -0.3 is 19.8 Å². The summed E-state index contributed by atoms with van der Waals surface area (Å²) in [5.74, 6) is 1.30. The van der Waals surface area contributed by atoms with Crippen LogP contribution in [-0.4, -0.2) is 45.7 Å². The Labute approximate surface area is 193 Å². The number of rotatable bonds is 7. The minimum atomic E-state index is -0.0658. The summed E-state index contributed by atoms with van der Waals surface area (Å²) in [7, 11) is 3.66. The van der Waals surface area contributed by atoms with Gasteiger partial charge in [-0.05, 0) is 54.4 Å². The molecule has 0 saturated heterocycles. The van der Waals surface area contributed by atoms with Gasteiger partial charge in [0.2, 0.25) is 0 Å². The maximum atomic E-state index is 10.5. The Morgan fingerprint density at radius 1 is 1.19 bits per heavy atom. The van der Waals surface area contributed by atoms with Gasteiger partial charge in [0.25, 0.3) is 0 Å². The molecule has 9 heteroatoms. The number of methoxy groups -OCH3 is 1. The zero-order valence-electron chi connectivity index (χ0n) is 18.3. The number of hydrogen-bond acceptors (Lipinski definition) is 6. The van der Waals surface area contributed by atoms with E-state index in [1.807, 2.05) is 39.1 Å². The van der Waals surface area contributed by atoms with Crippen molar-refractivity contribution in [2.45, 2.75) is 33.1 Å². The molecule has 0 bridgehead atoms. The minimum Gasteiger partial charge on any atom is -0.508 e. The molecule has 3 rings (SSSR count). The van der Waals surface area contributed by atoms with E-state index >= 15 is 0 Å². The van der Waals surface area contributed by atoms with Crippen LogP contribution in [0.3, 0.4) is 0 Å². The van der Waals surface area contributed by atoms with Gasteiger partial charge in [-0.2, -0.15) is 5.10 Å². The Morgan fingerprint density at radius 3 is 2.52 bits per heavy atom. The van der Waals surface area contributed by atoms with Crippen molar-refractivity contribution < 1.29 is 14.9 Å². The number of benzene rings is 2. The van der Waals surface area contributed by atoms with Crippen LogP contribution in [0.1, 0.15) is 38.7 Å². The molecule has 0 fully saturated rings. The largest absolute Gasteiger partial charge is 0.508 e. The number of phenolic OH excluding ortho intramolecular Hbond substituents is 2. The average molecular weight is 465 g/mol. The van der Waals surface area contributed by atoms with Crippen molar-refractivity contribution in [1.82, 2.24) is 14.8 Å². The van der Waals surface area contributed by atoms with E-state index in [0.29, 0.717) is 16.2 Å². The summed E-state index contributed by atoms with van der Waals surface area (Å²) in [6.45, 7) is 6.95. The number of phenols is 2. The third-order valence-corrected chi connectivity index (χ3v) is 5.35. The fourth-order valence-corrected chi connectivity index (χ4v) is 3.76. The van der Waals surface area contributed by atoms with Gasteiger partial charge in [-0.15, -0.1) is 12.4 Å². The number of halogens is 1. The molecule has 0 aliphatic heterocycles. The third kappa shape index (κ3) is 4.80. The maximum absolute atomic E-state index is 10.5. The van der Waals surface area contributed by atoms with Gasteiger partial charge in [0.1, 0.15) is 17.2 Å². The predicted molar refractivity (Wildman–Crippen MR) is 129 cm³/mol. The number of aromatic hydroxyl groups is 2. The molecule has 0 amide bonds. The second kappa shape index (κ2) is 10.1. The number of aromatic amines is 1. The smallest absolute Gasteiger partial charge is 0.200 e. The Kier molecular flexibility index (Phi) is 7.97. The molecule has 0 atom stereocenters. The first-order valence-electron chi connectivity index (χ1n) is 9.91. The van der Waals surface area contributed by atoms with Crippen LogP contribution in [0.2, 0.25) is 0 Å². The molecule has 1 heterocycles. The number of nitrogens with one attached hydrogen (secondary N) is 1. The highest BCUT2D eigenvalue weighted by molar-refractivity contribution is 7.71. The van der Waals surface area contributed by atoms with Gasteiger partial charge in [0, 0.05) is 19.7 Å². The molecule has 2 aromatic carbocycles. The fraction of sp³-hybridized carbons (Fsp3) is 0.364. The maximum Gasteiger partial charge on any atom is 0.200 e. The van der Waals surface area contributed by atoms with Gasteiger partial charge >= 0.3 is 0 Å².